The Kier molecular flexibility index (Phi) is 2.25. The van der Waals surface area contributed by atoms with Crippen molar-refractivity contribution in [3.63, 3.8) is 0 Å². The molecular formula is C11H13N3O2. The van der Waals surface area contributed by atoms with Crippen LogP contribution < -0.4 is 4.74 Å². The smallest absolute Gasteiger partial charge is 0.157 e. The van der Waals surface area contributed by atoms with Gasteiger partial charge in [0.1, 0.15) is 5.75 Å². The summed E-state index contributed by atoms with van der Waals surface area (Å²) < 4.78 is 12.2. The number of fused-ring (bicyclic) bond motifs is 1. The van der Waals surface area contributed by atoms with Crippen LogP contribution in [0.15, 0.2) is 18.3 Å². The van der Waals surface area contributed by atoms with Crippen molar-refractivity contribution in [1.82, 2.24) is 14.6 Å². The van der Waals surface area contributed by atoms with Gasteiger partial charge in [-0.25, -0.2) is 9.50 Å². The molecule has 1 atom stereocenters. The molecule has 0 saturated carbocycles. The molecular weight excluding hydrogens is 206 g/mol. The first-order valence-corrected chi connectivity index (χ1v) is 5.35. The van der Waals surface area contributed by atoms with E-state index >= 15 is 0 Å². The van der Waals surface area contributed by atoms with E-state index in [2.05, 4.69) is 10.1 Å². The van der Waals surface area contributed by atoms with Crippen molar-refractivity contribution in [3.05, 3.63) is 24.2 Å². The van der Waals surface area contributed by atoms with Crippen LogP contribution in [0.3, 0.4) is 0 Å². The van der Waals surface area contributed by atoms with Gasteiger partial charge >= 0.3 is 0 Å². The molecule has 1 fully saturated rings. The minimum atomic E-state index is 0.339. The van der Waals surface area contributed by atoms with Gasteiger partial charge < -0.3 is 9.47 Å². The Morgan fingerprint density at radius 3 is 3.19 bits per heavy atom. The molecule has 0 radical (unpaired) electrons. The summed E-state index contributed by atoms with van der Waals surface area (Å²) in [4.78, 5) is 4.49. The monoisotopic (exact) mass is 219 g/mol. The zero-order chi connectivity index (χ0) is 11.0. The van der Waals surface area contributed by atoms with Gasteiger partial charge in [-0.15, -0.1) is 0 Å². The Balaban J connectivity index is 2.01. The number of hydrogen-bond donors (Lipinski definition) is 0. The highest BCUT2D eigenvalue weighted by Gasteiger charge is 2.22. The number of nitrogens with zero attached hydrogens (tertiary/aromatic N) is 3. The minimum absolute atomic E-state index is 0.339. The molecule has 5 nitrogen and oxygen atoms in total. The second-order valence-corrected chi connectivity index (χ2v) is 3.90. The normalized spacial score (nSPS) is 20.4. The highest BCUT2D eigenvalue weighted by atomic mass is 16.5. The lowest BCUT2D eigenvalue weighted by Gasteiger charge is -1.99. The highest BCUT2D eigenvalue weighted by molar-refractivity contribution is 5.40. The average Bonchev–Trinajstić information content (AvgIpc) is 2.96. The summed E-state index contributed by atoms with van der Waals surface area (Å²) in [5.41, 5.74) is 0.850. The van der Waals surface area contributed by atoms with Crippen LogP contribution in [-0.4, -0.2) is 34.9 Å². The summed E-state index contributed by atoms with van der Waals surface area (Å²) in [5, 5.41) is 4.45. The van der Waals surface area contributed by atoms with Crippen molar-refractivity contribution in [2.75, 3.05) is 20.3 Å². The van der Waals surface area contributed by atoms with Crippen molar-refractivity contribution < 1.29 is 9.47 Å². The summed E-state index contributed by atoms with van der Waals surface area (Å²) in [5.74, 6) is 1.99. The third-order valence-electron chi connectivity index (χ3n) is 2.85. The molecule has 1 aliphatic rings. The standard InChI is InChI=1S/C11H13N3O2/c1-15-9-2-3-10-12-11(13-14(10)6-9)8-4-5-16-7-8/h2-3,6,8H,4-5,7H2,1H3. The van der Waals surface area contributed by atoms with E-state index in [0.29, 0.717) is 5.92 Å². The van der Waals surface area contributed by atoms with Gasteiger partial charge in [0.25, 0.3) is 0 Å². The third kappa shape index (κ3) is 1.53. The average molecular weight is 219 g/mol. The van der Waals surface area contributed by atoms with Crippen molar-refractivity contribution in [3.8, 4) is 5.75 Å². The van der Waals surface area contributed by atoms with Gasteiger partial charge in [-0.3, -0.25) is 0 Å². The molecule has 2 aromatic rings. The van der Waals surface area contributed by atoms with Crippen LogP contribution in [0.2, 0.25) is 0 Å². The van der Waals surface area contributed by atoms with Gasteiger partial charge in [0.15, 0.2) is 11.5 Å². The van der Waals surface area contributed by atoms with E-state index in [1.54, 1.807) is 11.6 Å². The first kappa shape index (κ1) is 9.59. The van der Waals surface area contributed by atoms with Crippen LogP contribution in [0.5, 0.6) is 5.75 Å². The number of aromatic nitrogens is 3. The zero-order valence-electron chi connectivity index (χ0n) is 9.09. The summed E-state index contributed by atoms with van der Waals surface area (Å²) >= 11 is 0. The molecule has 5 heteroatoms. The Morgan fingerprint density at radius 2 is 2.44 bits per heavy atom. The van der Waals surface area contributed by atoms with Crippen molar-refractivity contribution in [1.29, 1.82) is 0 Å². The van der Waals surface area contributed by atoms with Gasteiger partial charge in [-0.05, 0) is 18.6 Å². The molecule has 1 saturated heterocycles. The van der Waals surface area contributed by atoms with E-state index < -0.39 is 0 Å². The predicted molar refractivity (Wildman–Crippen MR) is 57.7 cm³/mol. The second kappa shape index (κ2) is 3.75. The van der Waals surface area contributed by atoms with Gasteiger partial charge in [0, 0.05) is 12.5 Å². The lowest BCUT2D eigenvalue weighted by molar-refractivity contribution is 0.193. The van der Waals surface area contributed by atoms with Crippen LogP contribution >= 0.6 is 0 Å². The molecule has 16 heavy (non-hydrogen) atoms. The molecule has 2 aromatic heterocycles. The Bertz CT molecular complexity index is 503. The SMILES string of the molecule is COc1ccc2nc(C3CCOC3)nn2c1. The maximum absolute atomic E-state index is 5.34. The highest BCUT2D eigenvalue weighted by Crippen LogP contribution is 2.23. The van der Waals surface area contributed by atoms with Gasteiger partial charge in [0.2, 0.25) is 0 Å². The summed E-state index contributed by atoms with van der Waals surface area (Å²) in [7, 11) is 1.64. The molecule has 0 amide bonds. The van der Waals surface area contributed by atoms with Crippen molar-refractivity contribution >= 4 is 5.65 Å². The molecule has 0 aliphatic carbocycles. The number of pyridine rings is 1. The van der Waals surface area contributed by atoms with Gasteiger partial charge in [-0.2, -0.15) is 5.10 Å². The first-order valence-electron chi connectivity index (χ1n) is 5.35. The van der Waals surface area contributed by atoms with E-state index in [4.69, 9.17) is 9.47 Å². The maximum Gasteiger partial charge on any atom is 0.157 e. The fourth-order valence-electron chi connectivity index (χ4n) is 1.91. The fraction of sp³-hybridized carbons (Fsp3) is 0.455. The van der Waals surface area contributed by atoms with E-state index in [1.807, 2.05) is 18.3 Å². The molecule has 84 valence electrons. The van der Waals surface area contributed by atoms with E-state index in [1.165, 1.54) is 0 Å². The minimum Gasteiger partial charge on any atom is -0.495 e. The maximum atomic E-state index is 5.34. The lowest BCUT2D eigenvalue weighted by Crippen LogP contribution is -2.00. The van der Waals surface area contributed by atoms with Crippen LogP contribution in [-0.2, 0) is 4.74 Å². The van der Waals surface area contributed by atoms with Crippen LogP contribution in [0, 0.1) is 0 Å². The zero-order valence-corrected chi connectivity index (χ0v) is 9.09. The molecule has 0 N–H and O–H groups in total. The third-order valence-corrected chi connectivity index (χ3v) is 2.85. The van der Waals surface area contributed by atoms with E-state index in [9.17, 15) is 0 Å². The van der Waals surface area contributed by atoms with Crippen molar-refractivity contribution in [2.45, 2.75) is 12.3 Å². The molecule has 0 spiro atoms. The molecule has 1 unspecified atom stereocenters. The summed E-state index contributed by atoms with van der Waals surface area (Å²) in [6.45, 7) is 1.54. The lowest BCUT2D eigenvalue weighted by atomic mass is 10.1. The van der Waals surface area contributed by atoms with Gasteiger partial charge in [-0.1, -0.05) is 0 Å². The number of ether oxygens (including phenoxy) is 2. The fourth-order valence-corrected chi connectivity index (χ4v) is 1.91. The molecule has 1 aliphatic heterocycles. The van der Waals surface area contributed by atoms with Gasteiger partial charge in [0.05, 0.1) is 19.9 Å². The molecule has 0 aromatic carbocycles. The Hall–Kier alpha value is -1.62. The number of rotatable bonds is 2. The molecule has 3 rings (SSSR count). The molecule has 0 bridgehead atoms. The van der Waals surface area contributed by atoms with Crippen LogP contribution in [0.1, 0.15) is 18.2 Å². The topological polar surface area (TPSA) is 48.7 Å². The quantitative estimate of drug-likeness (QED) is 0.762. The first-order chi connectivity index (χ1) is 7.86. The predicted octanol–water partition coefficient (Wildman–Crippen LogP) is 1.24. The summed E-state index contributed by atoms with van der Waals surface area (Å²) in [6.07, 6.45) is 2.84. The largest absolute Gasteiger partial charge is 0.495 e. The van der Waals surface area contributed by atoms with Crippen molar-refractivity contribution in [2.24, 2.45) is 0 Å². The number of methoxy groups -OCH3 is 1. The van der Waals surface area contributed by atoms with Crippen LogP contribution in [0.25, 0.3) is 5.65 Å². The summed E-state index contributed by atoms with van der Waals surface area (Å²) in [6, 6.07) is 3.80. The van der Waals surface area contributed by atoms with E-state index in [0.717, 1.165) is 36.9 Å². The second-order valence-electron chi connectivity index (χ2n) is 3.90. The van der Waals surface area contributed by atoms with E-state index in [-0.39, 0.29) is 0 Å². The molecule has 3 heterocycles. The Morgan fingerprint density at radius 1 is 1.50 bits per heavy atom. The van der Waals surface area contributed by atoms with Crippen LogP contribution in [0.4, 0.5) is 0 Å². The Labute approximate surface area is 93.0 Å². The number of hydrogen-bond acceptors (Lipinski definition) is 4.